The predicted octanol–water partition coefficient (Wildman–Crippen LogP) is 2.74. The summed E-state index contributed by atoms with van der Waals surface area (Å²) in [4.78, 5) is 4.94. The zero-order valence-electron chi connectivity index (χ0n) is 13.4. The minimum atomic E-state index is 0.115. The highest BCUT2D eigenvalue weighted by Gasteiger charge is 2.11. The number of likely N-dealkylation sites (N-methyl/N-ethyl adjacent to an activating group) is 1. The first-order valence-corrected chi connectivity index (χ1v) is 7.96. The van der Waals surface area contributed by atoms with E-state index in [0.717, 1.165) is 32.7 Å². The molecule has 1 aromatic carbocycles. The van der Waals surface area contributed by atoms with Crippen molar-refractivity contribution in [2.45, 2.75) is 33.2 Å². The van der Waals surface area contributed by atoms with E-state index in [9.17, 15) is 0 Å². The Morgan fingerprint density at radius 3 is 2.00 bits per heavy atom. The maximum Gasteiger partial charge on any atom is 0.0424 e. The Balaban J connectivity index is 2.35. The molecule has 0 fully saturated rings. The first-order chi connectivity index (χ1) is 9.71. The average Bonchev–Trinajstić information content (AvgIpc) is 2.51. The van der Waals surface area contributed by atoms with Crippen LogP contribution in [0.15, 0.2) is 30.3 Å². The maximum absolute atomic E-state index is 6.30. The van der Waals surface area contributed by atoms with Crippen LogP contribution in [-0.4, -0.2) is 49.1 Å². The zero-order chi connectivity index (χ0) is 14.8. The van der Waals surface area contributed by atoms with Crippen LogP contribution in [-0.2, 0) is 0 Å². The molecule has 0 aromatic heterocycles. The third-order valence-electron chi connectivity index (χ3n) is 3.97. The molecule has 0 saturated heterocycles. The lowest BCUT2D eigenvalue weighted by molar-refractivity contribution is 0.234. The quantitative estimate of drug-likeness (QED) is 0.714. The molecule has 3 heteroatoms. The second kappa shape index (κ2) is 9.92. The van der Waals surface area contributed by atoms with Crippen molar-refractivity contribution in [1.82, 2.24) is 9.80 Å². The second-order valence-corrected chi connectivity index (χ2v) is 5.29. The Hall–Kier alpha value is -0.900. The van der Waals surface area contributed by atoms with Crippen molar-refractivity contribution in [2.24, 2.45) is 5.73 Å². The van der Waals surface area contributed by atoms with Gasteiger partial charge in [-0.2, -0.15) is 0 Å². The van der Waals surface area contributed by atoms with Gasteiger partial charge in [0.2, 0.25) is 0 Å². The molecule has 1 unspecified atom stereocenters. The highest BCUT2D eigenvalue weighted by atomic mass is 15.1. The average molecular weight is 277 g/mol. The molecule has 1 aromatic rings. The SMILES string of the molecule is CCN(CC)CCCN(CC)CC(N)c1ccccc1. The second-order valence-electron chi connectivity index (χ2n) is 5.29. The van der Waals surface area contributed by atoms with E-state index in [1.807, 2.05) is 6.07 Å². The Labute approximate surface area is 124 Å². The molecule has 2 N–H and O–H groups in total. The van der Waals surface area contributed by atoms with Crippen molar-refractivity contribution in [2.75, 3.05) is 39.3 Å². The standard InChI is InChI=1S/C17H31N3/c1-4-19(5-2)13-10-14-20(6-3)15-17(18)16-11-8-7-9-12-16/h7-9,11-12,17H,4-6,10,13-15,18H2,1-3H3. The van der Waals surface area contributed by atoms with Crippen LogP contribution in [0.2, 0.25) is 0 Å². The number of hydrogen-bond acceptors (Lipinski definition) is 3. The molecule has 1 rings (SSSR count). The summed E-state index contributed by atoms with van der Waals surface area (Å²) in [5.74, 6) is 0. The van der Waals surface area contributed by atoms with Crippen molar-refractivity contribution in [3.63, 3.8) is 0 Å². The van der Waals surface area contributed by atoms with E-state index in [-0.39, 0.29) is 6.04 Å². The first-order valence-electron chi connectivity index (χ1n) is 7.96. The molecular weight excluding hydrogens is 246 g/mol. The van der Waals surface area contributed by atoms with Crippen LogP contribution < -0.4 is 5.73 Å². The van der Waals surface area contributed by atoms with Gasteiger partial charge in [-0.15, -0.1) is 0 Å². The third-order valence-corrected chi connectivity index (χ3v) is 3.97. The summed E-state index contributed by atoms with van der Waals surface area (Å²) in [6.45, 7) is 13.3. The van der Waals surface area contributed by atoms with Gasteiger partial charge in [-0.3, -0.25) is 0 Å². The summed E-state index contributed by atoms with van der Waals surface area (Å²) in [6, 6.07) is 10.5. The van der Waals surface area contributed by atoms with Gasteiger partial charge in [0.15, 0.2) is 0 Å². The van der Waals surface area contributed by atoms with Crippen molar-refractivity contribution in [1.29, 1.82) is 0 Å². The summed E-state index contributed by atoms with van der Waals surface area (Å²) in [6.07, 6.45) is 1.22. The van der Waals surface area contributed by atoms with Crippen LogP contribution in [0.1, 0.15) is 38.8 Å². The first kappa shape index (κ1) is 17.2. The van der Waals surface area contributed by atoms with Crippen LogP contribution in [0.5, 0.6) is 0 Å². The number of nitrogens with two attached hydrogens (primary N) is 1. The van der Waals surface area contributed by atoms with E-state index in [4.69, 9.17) is 5.73 Å². The molecule has 0 heterocycles. The fourth-order valence-electron chi connectivity index (χ4n) is 2.52. The zero-order valence-corrected chi connectivity index (χ0v) is 13.4. The van der Waals surface area contributed by atoms with Gasteiger partial charge in [-0.05, 0) is 44.7 Å². The largest absolute Gasteiger partial charge is 0.323 e. The Kier molecular flexibility index (Phi) is 8.51. The van der Waals surface area contributed by atoms with E-state index < -0.39 is 0 Å². The van der Waals surface area contributed by atoms with Crippen molar-refractivity contribution in [3.05, 3.63) is 35.9 Å². The van der Waals surface area contributed by atoms with Gasteiger partial charge in [0.25, 0.3) is 0 Å². The van der Waals surface area contributed by atoms with Gasteiger partial charge >= 0.3 is 0 Å². The van der Waals surface area contributed by atoms with E-state index >= 15 is 0 Å². The van der Waals surface area contributed by atoms with Crippen LogP contribution in [0, 0.1) is 0 Å². The minimum absolute atomic E-state index is 0.115. The van der Waals surface area contributed by atoms with Crippen LogP contribution in [0.25, 0.3) is 0 Å². The van der Waals surface area contributed by atoms with Gasteiger partial charge in [0.05, 0.1) is 0 Å². The van der Waals surface area contributed by atoms with Crippen molar-refractivity contribution >= 4 is 0 Å². The summed E-state index contributed by atoms with van der Waals surface area (Å²) >= 11 is 0. The smallest absolute Gasteiger partial charge is 0.0424 e. The molecule has 20 heavy (non-hydrogen) atoms. The minimum Gasteiger partial charge on any atom is -0.323 e. The van der Waals surface area contributed by atoms with Gasteiger partial charge < -0.3 is 15.5 Å². The fraction of sp³-hybridized carbons (Fsp3) is 0.647. The number of nitrogens with zero attached hydrogens (tertiary/aromatic N) is 2. The Bertz CT molecular complexity index is 335. The van der Waals surface area contributed by atoms with Crippen LogP contribution in [0.4, 0.5) is 0 Å². The topological polar surface area (TPSA) is 32.5 Å². The summed E-state index contributed by atoms with van der Waals surface area (Å²) in [5.41, 5.74) is 7.53. The van der Waals surface area contributed by atoms with E-state index in [1.54, 1.807) is 0 Å². The molecule has 0 radical (unpaired) electrons. The van der Waals surface area contributed by atoms with Crippen molar-refractivity contribution in [3.8, 4) is 0 Å². The Morgan fingerprint density at radius 2 is 1.45 bits per heavy atom. The molecule has 0 bridgehead atoms. The van der Waals surface area contributed by atoms with Crippen LogP contribution in [0.3, 0.4) is 0 Å². The molecular formula is C17H31N3. The monoisotopic (exact) mass is 277 g/mol. The molecule has 3 nitrogen and oxygen atoms in total. The number of rotatable bonds is 10. The highest BCUT2D eigenvalue weighted by Crippen LogP contribution is 2.11. The van der Waals surface area contributed by atoms with Crippen molar-refractivity contribution < 1.29 is 0 Å². The summed E-state index contributed by atoms with van der Waals surface area (Å²) in [7, 11) is 0. The van der Waals surface area contributed by atoms with E-state index in [1.165, 1.54) is 18.5 Å². The summed E-state index contributed by atoms with van der Waals surface area (Å²) in [5, 5.41) is 0. The molecule has 1 atom stereocenters. The highest BCUT2D eigenvalue weighted by molar-refractivity contribution is 5.18. The molecule has 0 aliphatic heterocycles. The third kappa shape index (κ3) is 6.04. The Morgan fingerprint density at radius 1 is 0.900 bits per heavy atom. The van der Waals surface area contributed by atoms with E-state index in [2.05, 4.69) is 54.8 Å². The predicted molar refractivity (Wildman–Crippen MR) is 87.9 cm³/mol. The van der Waals surface area contributed by atoms with Gasteiger partial charge in [-0.1, -0.05) is 51.1 Å². The molecule has 0 aliphatic rings. The molecule has 0 aliphatic carbocycles. The number of benzene rings is 1. The van der Waals surface area contributed by atoms with E-state index in [0.29, 0.717) is 0 Å². The fourth-order valence-corrected chi connectivity index (χ4v) is 2.52. The maximum atomic E-state index is 6.30. The van der Waals surface area contributed by atoms with Crippen LogP contribution >= 0.6 is 0 Å². The molecule has 0 saturated carbocycles. The molecule has 114 valence electrons. The lowest BCUT2D eigenvalue weighted by atomic mass is 10.1. The molecule has 0 spiro atoms. The number of hydrogen-bond donors (Lipinski definition) is 1. The molecule has 0 amide bonds. The lowest BCUT2D eigenvalue weighted by Crippen LogP contribution is -2.34. The lowest BCUT2D eigenvalue weighted by Gasteiger charge is -2.26. The normalized spacial score (nSPS) is 13.1. The summed E-state index contributed by atoms with van der Waals surface area (Å²) < 4.78 is 0. The van der Waals surface area contributed by atoms with Gasteiger partial charge in [-0.25, -0.2) is 0 Å². The van der Waals surface area contributed by atoms with Gasteiger partial charge in [0, 0.05) is 12.6 Å². The van der Waals surface area contributed by atoms with Gasteiger partial charge in [0.1, 0.15) is 0 Å².